The largest absolute Gasteiger partial charge is 0.0840 e. The first-order chi connectivity index (χ1) is 6.61. The molecule has 2 rings (SSSR count). The van der Waals surface area contributed by atoms with Gasteiger partial charge in [0.15, 0.2) is 0 Å². The average molecular weight is 336 g/mol. The second-order valence-corrected chi connectivity index (χ2v) is 9.75. The monoisotopic (exact) mass is 334 g/mol. The van der Waals surface area contributed by atoms with E-state index in [4.69, 9.17) is 0 Å². The quantitative estimate of drug-likeness (QED) is 0.536. The summed E-state index contributed by atoms with van der Waals surface area (Å²) in [6, 6.07) is 10.9. The molecule has 3 heteroatoms. The maximum atomic E-state index is 3.84. The van der Waals surface area contributed by atoms with Gasteiger partial charge in [0.05, 0.1) is 4.57 Å². The molecule has 0 bridgehead atoms. The van der Waals surface area contributed by atoms with Crippen molar-refractivity contribution in [2.45, 2.75) is 22.2 Å². The highest BCUT2D eigenvalue weighted by atomic mass is 79.9. The molecule has 1 saturated heterocycles. The van der Waals surface area contributed by atoms with Crippen LogP contribution in [-0.2, 0) is 0 Å². The molecule has 1 aliphatic rings. The molecular formula is C11H13Br2P. The summed E-state index contributed by atoms with van der Waals surface area (Å²) in [5, 5.41) is 1.52. The van der Waals surface area contributed by atoms with Gasteiger partial charge in [0.25, 0.3) is 0 Å². The molecule has 3 atom stereocenters. The van der Waals surface area contributed by atoms with E-state index in [0.29, 0.717) is 4.57 Å². The lowest BCUT2D eigenvalue weighted by Gasteiger charge is -2.23. The van der Waals surface area contributed by atoms with E-state index in [1.54, 1.807) is 0 Å². The van der Waals surface area contributed by atoms with Crippen LogP contribution in [0.2, 0.25) is 0 Å². The van der Waals surface area contributed by atoms with Gasteiger partial charge in [-0.2, -0.15) is 0 Å². The van der Waals surface area contributed by atoms with Crippen molar-refractivity contribution in [1.82, 2.24) is 0 Å². The maximum Gasteiger partial charge on any atom is 0.0537 e. The summed E-state index contributed by atoms with van der Waals surface area (Å²) in [7, 11) is -0.0196. The Balaban J connectivity index is 2.23. The van der Waals surface area contributed by atoms with Crippen molar-refractivity contribution >= 4 is 45.1 Å². The van der Waals surface area contributed by atoms with Gasteiger partial charge in [-0.15, -0.1) is 0 Å². The van der Waals surface area contributed by atoms with E-state index in [9.17, 15) is 0 Å². The first-order valence-electron chi connectivity index (χ1n) is 4.76. The summed E-state index contributed by atoms with van der Waals surface area (Å²) < 4.78 is 0.890. The number of alkyl halides is 2. The van der Waals surface area contributed by atoms with Gasteiger partial charge in [-0.3, -0.25) is 0 Å². The Morgan fingerprint density at radius 1 is 1.36 bits per heavy atom. The molecule has 1 aliphatic heterocycles. The van der Waals surface area contributed by atoms with Gasteiger partial charge in [0, 0.05) is 4.32 Å². The van der Waals surface area contributed by atoms with E-state index < -0.39 is 0 Å². The number of rotatable bonds is 1. The maximum absolute atomic E-state index is 3.84. The van der Waals surface area contributed by atoms with Crippen LogP contribution in [0.1, 0.15) is 13.3 Å². The minimum absolute atomic E-state index is 0.0196. The predicted molar refractivity (Wildman–Crippen MR) is 72.5 cm³/mol. The van der Waals surface area contributed by atoms with Crippen molar-refractivity contribution < 1.29 is 0 Å². The fourth-order valence-corrected chi connectivity index (χ4v) is 7.36. The highest BCUT2D eigenvalue weighted by molar-refractivity contribution is 9.13. The van der Waals surface area contributed by atoms with Crippen LogP contribution in [0.4, 0.5) is 0 Å². The van der Waals surface area contributed by atoms with Gasteiger partial charge in [0.1, 0.15) is 0 Å². The lowest BCUT2D eigenvalue weighted by Crippen LogP contribution is -2.21. The van der Waals surface area contributed by atoms with Crippen LogP contribution < -0.4 is 5.30 Å². The van der Waals surface area contributed by atoms with Gasteiger partial charge in [-0.25, -0.2) is 0 Å². The summed E-state index contributed by atoms with van der Waals surface area (Å²) >= 11 is 7.66. The summed E-state index contributed by atoms with van der Waals surface area (Å²) in [4.78, 5) is 0. The van der Waals surface area contributed by atoms with E-state index in [0.717, 1.165) is 0 Å². The third-order valence-corrected chi connectivity index (χ3v) is 9.80. The first-order valence-corrected chi connectivity index (χ1v) is 8.06. The molecule has 1 fully saturated rings. The molecule has 0 nitrogen and oxygen atoms in total. The van der Waals surface area contributed by atoms with Crippen molar-refractivity contribution in [1.29, 1.82) is 0 Å². The molecule has 3 unspecified atom stereocenters. The van der Waals surface area contributed by atoms with Crippen LogP contribution in [0.3, 0.4) is 0 Å². The first kappa shape index (κ1) is 11.1. The van der Waals surface area contributed by atoms with Crippen LogP contribution in [0.25, 0.3) is 0 Å². The molecular weight excluding hydrogens is 323 g/mol. The minimum Gasteiger partial charge on any atom is -0.0840 e. The smallest absolute Gasteiger partial charge is 0.0537 e. The fourth-order valence-electron chi connectivity index (χ4n) is 1.78. The molecule has 1 aromatic carbocycles. The molecule has 1 heterocycles. The van der Waals surface area contributed by atoms with E-state index in [-0.39, 0.29) is 12.2 Å². The third-order valence-electron chi connectivity index (χ3n) is 2.70. The topological polar surface area (TPSA) is 0 Å². The van der Waals surface area contributed by atoms with Crippen LogP contribution in [0.5, 0.6) is 0 Å². The zero-order valence-corrected chi connectivity index (χ0v) is 12.1. The normalized spacial score (nSPS) is 37.4. The highest BCUT2D eigenvalue weighted by Crippen LogP contribution is 2.59. The number of halogens is 2. The SMILES string of the molecule is CC1(Br)CCP(c2ccccc2)C1Br. The Labute approximate surface area is 103 Å². The molecule has 0 N–H and O–H groups in total. The Hall–Kier alpha value is 0.610. The minimum atomic E-state index is -0.0196. The highest BCUT2D eigenvalue weighted by Gasteiger charge is 2.42. The Morgan fingerprint density at radius 3 is 2.50 bits per heavy atom. The lowest BCUT2D eigenvalue weighted by atomic mass is 10.2. The molecule has 0 aromatic heterocycles. The molecule has 0 spiro atoms. The Bertz CT molecular complexity index is 310. The molecule has 1 aromatic rings. The molecule has 0 radical (unpaired) electrons. The summed E-state index contributed by atoms with van der Waals surface area (Å²) in [6.45, 7) is 2.29. The number of hydrogen-bond acceptors (Lipinski definition) is 0. The van der Waals surface area contributed by atoms with Gasteiger partial charge < -0.3 is 0 Å². The van der Waals surface area contributed by atoms with Gasteiger partial charge in [0.2, 0.25) is 0 Å². The van der Waals surface area contributed by atoms with Gasteiger partial charge in [-0.05, 0) is 24.8 Å². The zero-order valence-electron chi connectivity index (χ0n) is 8.08. The average Bonchev–Trinajstić information content (AvgIpc) is 2.44. The fraction of sp³-hybridized carbons (Fsp3) is 0.455. The zero-order chi connectivity index (χ0) is 10.2. The second-order valence-electron chi connectivity index (χ2n) is 3.89. The standard InChI is InChI=1S/C11H13Br2P/c1-11(13)7-8-14(10(11)12)9-5-3-2-4-6-9/h2-6,10H,7-8H2,1H3. The van der Waals surface area contributed by atoms with E-state index >= 15 is 0 Å². The van der Waals surface area contributed by atoms with Crippen LogP contribution in [0.15, 0.2) is 30.3 Å². The molecule has 0 saturated carbocycles. The second kappa shape index (κ2) is 4.23. The summed E-state index contributed by atoms with van der Waals surface area (Å²) in [5.74, 6) is 0. The molecule has 14 heavy (non-hydrogen) atoms. The van der Waals surface area contributed by atoms with E-state index in [2.05, 4.69) is 69.1 Å². The lowest BCUT2D eigenvalue weighted by molar-refractivity contribution is 0.729. The third kappa shape index (κ3) is 2.08. The molecule has 0 amide bonds. The van der Waals surface area contributed by atoms with Crippen LogP contribution in [0, 0.1) is 0 Å². The van der Waals surface area contributed by atoms with Crippen LogP contribution >= 0.6 is 39.8 Å². The van der Waals surface area contributed by atoms with Crippen molar-refractivity contribution in [2.75, 3.05) is 6.16 Å². The molecule has 76 valence electrons. The number of hydrogen-bond donors (Lipinski definition) is 0. The predicted octanol–water partition coefficient (Wildman–Crippen LogP) is 4.07. The van der Waals surface area contributed by atoms with Crippen molar-refractivity contribution in [3.63, 3.8) is 0 Å². The van der Waals surface area contributed by atoms with Gasteiger partial charge >= 0.3 is 0 Å². The summed E-state index contributed by atoms with van der Waals surface area (Å²) in [5.41, 5.74) is 0. The Morgan fingerprint density at radius 2 is 2.00 bits per heavy atom. The van der Waals surface area contributed by atoms with Crippen molar-refractivity contribution in [3.8, 4) is 0 Å². The Kier molecular flexibility index (Phi) is 3.36. The van der Waals surface area contributed by atoms with E-state index in [1.807, 2.05) is 0 Å². The van der Waals surface area contributed by atoms with Crippen molar-refractivity contribution in [2.24, 2.45) is 0 Å². The van der Waals surface area contributed by atoms with E-state index in [1.165, 1.54) is 17.9 Å². The summed E-state index contributed by atoms with van der Waals surface area (Å²) in [6.07, 6.45) is 2.60. The van der Waals surface area contributed by atoms with Crippen molar-refractivity contribution in [3.05, 3.63) is 30.3 Å². The van der Waals surface area contributed by atoms with Gasteiger partial charge in [-0.1, -0.05) is 70.1 Å². The number of benzene rings is 1. The van der Waals surface area contributed by atoms with Crippen LogP contribution in [-0.4, -0.2) is 15.1 Å². The molecule has 0 aliphatic carbocycles.